The Labute approximate surface area is 583 Å². The summed E-state index contributed by atoms with van der Waals surface area (Å²) in [4.78, 5) is 59.7. The summed E-state index contributed by atoms with van der Waals surface area (Å²) in [5.41, 5.74) is 0.0886. The lowest BCUT2D eigenvalue weighted by Gasteiger charge is -2.46. The van der Waals surface area contributed by atoms with Crippen molar-refractivity contribution in [2.45, 2.75) is 76.0 Å². The maximum absolute atomic E-state index is 14.0. The number of carboxylic acids is 3. The van der Waals surface area contributed by atoms with Gasteiger partial charge in [-0.15, -0.1) is 0 Å². The molecule has 6 aromatic rings. The molecule has 0 aliphatic carbocycles. The molecule has 0 amide bonds. The first-order valence-corrected chi connectivity index (χ1v) is 38.0. The molecule has 8 N–H and O–H groups in total. The number of nitrogens with zero attached hydrogens (tertiary/aromatic N) is 5. The van der Waals surface area contributed by atoms with Crippen molar-refractivity contribution in [2.24, 2.45) is 0 Å². The zero-order chi connectivity index (χ0) is 74.7. The second kappa shape index (κ2) is 33.5. The summed E-state index contributed by atoms with van der Waals surface area (Å²) in [7, 11) is -16.2. The Kier molecular flexibility index (Phi) is 26.5. The number of aliphatic carboxylic acids is 3. The zero-order valence-electron chi connectivity index (χ0n) is 55.7. The van der Waals surface area contributed by atoms with E-state index in [0.717, 1.165) is 59.4 Å². The molecule has 1 fully saturated rings. The van der Waals surface area contributed by atoms with Crippen LogP contribution in [0.1, 0.15) is 39.1 Å². The summed E-state index contributed by atoms with van der Waals surface area (Å²) in [6.45, 7) is -4.54. The molecule has 101 heavy (non-hydrogen) atoms. The summed E-state index contributed by atoms with van der Waals surface area (Å²) in [5, 5.41) is 33.2. The maximum atomic E-state index is 14.0. The number of carboxylic acid groups (broad SMARTS) is 3. The third-order valence-corrected chi connectivity index (χ3v) is 21.1. The van der Waals surface area contributed by atoms with E-state index >= 15 is 0 Å². The molecule has 32 nitrogen and oxygen atoms in total. The van der Waals surface area contributed by atoms with E-state index in [0.29, 0.717) is 5.75 Å². The smallest absolute Gasteiger partial charge is 0.317 e. The van der Waals surface area contributed by atoms with E-state index in [-0.39, 0.29) is 73.6 Å². The Bertz CT molecular complexity index is 4620. The van der Waals surface area contributed by atoms with Gasteiger partial charge in [0.15, 0.2) is 0 Å². The van der Waals surface area contributed by atoms with Crippen molar-refractivity contribution in [3.63, 3.8) is 0 Å². The molecule has 2 heterocycles. The molecule has 1 unspecified atom stereocenters. The highest BCUT2D eigenvalue weighted by Gasteiger charge is 2.39. The molecule has 1 aliphatic heterocycles. The van der Waals surface area contributed by atoms with Gasteiger partial charge in [0.25, 0.3) is 40.5 Å². The minimum atomic E-state index is -5.12. The Morgan fingerprint density at radius 2 is 0.743 bits per heavy atom. The normalized spacial score (nSPS) is 17.8. The van der Waals surface area contributed by atoms with E-state index in [1.54, 1.807) is 4.90 Å². The first-order chi connectivity index (χ1) is 47.3. The lowest BCUT2D eigenvalue weighted by molar-refractivity contribution is -0.142. The highest BCUT2D eigenvalue weighted by Crippen LogP contribution is 2.37. The molecule has 0 radical (unpaired) electrons. The molecule has 0 bridgehead atoms. The van der Waals surface area contributed by atoms with Gasteiger partial charge in [0.05, 0.1) is 75.1 Å². The molecule has 5 aromatic carbocycles. The van der Waals surface area contributed by atoms with Crippen molar-refractivity contribution in [2.75, 3.05) is 102 Å². The molecule has 7 rings (SSSR count). The molecule has 0 saturated carbocycles. The predicted octanol–water partition coefficient (Wildman–Crippen LogP) is 3.47. The molecule has 1 aromatic heterocycles. The first kappa shape index (κ1) is 79.8. The third kappa shape index (κ3) is 21.5. The second-order valence-corrected chi connectivity index (χ2v) is 31.2. The van der Waals surface area contributed by atoms with Crippen molar-refractivity contribution < 1.29 is 124 Å². The van der Waals surface area contributed by atoms with Crippen LogP contribution in [0.4, 0.5) is 0 Å². The molecule has 0 spiro atoms. The number of pyridine rings is 1. The SMILES string of the molecule is COc1cc(OC)c(C#Cc2cc(CN3C[C@H](Cc4ccc(OC)c(S(=O)(=O)O)c4)N(CC(=O)O)C[C@H](Cc4ccc(OC)c(S(=O)(=O)O)c4)N(CC(=O)O)C[C@H](Cc4ccc(OC)c(S(=O)(=O)O)c4)N(CC(=O)O)C[C@@H]3Cc3ccc(OC)c(S(=O)(=O)O)c3)nc(P(C)(=O)O)c2)c(OC)c1. The molecule has 1 saturated heterocycles. The number of aromatic nitrogens is 1. The zero-order valence-corrected chi connectivity index (χ0v) is 59.8. The monoisotopic (exact) mass is 1510 g/mol. The number of benzene rings is 5. The van der Waals surface area contributed by atoms with Crippen molar-refractivity contribution in [1.29, 1.82) is 0 Å². The van der Waals surface area contributed by atoms with Crippen molar-refractivity contribution >= 4 is 71.2 Å². The van der Waals surface area contributed by atoms with Gasteiger partial charge in [-0.2, -0.15) is 33.7 Å². The van der Waals surface area contributed by atoms with Crippen LogP contribution in [0.5, 0.6) is 40.2 Å². The number of ether oxygens (including phenoxy) is 7. The van der Waals surface area contributed by atoms with E-state index in [9.17, 15) is 91.0 Å². The fourth-order valence-corrected chi connectivity index (χ4v) is 15.4. The van der Waals surface area contributed by atoms with Crippen LogP contribution in [0.25, 0.3) is 0 Å². The topological polar surface area (TPSA) is 457 Å². The Hall–Kier alpha value is -8.51. The van der Waals surface area contributed by atoms with Crippen LogP contribution in [0.15, 0.2) is 117 Å². The largest absolute Gasteiger partial charge is 0.496 e. The average molecular weight is 1510 g/mol. The lowest BCUT2D eigenvalue weighted by Crippen LogP contribution is -2.60. The number of carbonyl (C=O) groups is 3. The summed E-state index contributed by atoms with van der Waals surface area (Å²) in [6, 6.07) is 14.9. The van der Waals surface area contributed by atoms with Gasteiger partial charge >= 0.3 is 17.9 Å². The Morgan fingerprint density at radius 3 is 1.01 bits per heavy atom. The number of rotatable bonds is 28. The number of hydrogen-bond acceptors (Lipinski definition) is 24. The van der Waals surface area contributed by atoms with E-state index in [2.05, 4.69) is 16.8 Å². The van der Waals surface area contributed by atoms with Gasteiger partial charge in [-0.1, -0.05) is 36.1 Å². The number of methoxy groups -OCH3 is 7. The van der Waals surface area contributed by atoms with Crippen LogP contribution in [0.3, 0.4) is 0 Å². The maximum Gasteiger partial charge on any atom is 0.317 e. The Balaban J connectivity index is 1.64. The molecule has 548 valence electrons. The van der Waals surface area contributed by atoms with Crippen molar-refractivity contribution in [3.05, 3.63) is 136 Å². The first-order valence-electron chi connectivity index (χ1n) is 30.1. The average Bonchev–Trinajstić information content (AvgIpc) is 0.803. The van der Waals surface area contributed by atoms with Gasteiger partial charge in [-0.3, -0.25) is 56.8 Å². The van der Waals surface area contributed by atoms with Crippen molar-refractivity contribution in [3.8, 4) is 52.1 Å². The minimum absolute atomic E-state index is 0.0494. The van der Waals surface area contributed by atoms with E-state index in [1.165, 1.54) is 109 Å². The fourth-order valence-electron chi connectivity index (χ4n) is 11.9. The van der Waals surface area contributed by atoms with Crippen LogP contribution in [0, 0.1) is 11.8 Å². The lowest BCUT2D eigenvalue weighted by atomic mass is 9.95. The van der Waals surface area contributed by atoms with Crippen LogP contribution in [-0.4, -0.2) is 241 Å². The molecular weight excluding hydrogens is 1430 g/mol. The Morgan fingerprint density at radius 1 is 0.446 bits per heavy atom. The van der Waals surface area contributed by atoms with E-state index in [4.69, 9.17) is 33.2 Å². The van der Waals surface area contributed by atoms with Crippen LogP contribution in [-0.2, 0) is 91.6 Å². The van der Waals surface area contributed by atoms with Crippen LogP contribution in [0.2, 0.25) is 0 Å². The predicted molar refractivity (Wildman–Crippen MR) is 361 cm³/mol. The quantitative estimate of drug-likeness (QED) is 0.0198. The molecule has 1 aliphatic rings. The van der Waals surface area contributed by atoms with Gasteiger partial charge in [-0.05, 0) is 109 Å². The molecular formula is C64H76N5O27PS4. The van der Waals surface area contributed by atoms with Crippen LogP contribution >= 0.6 is 7.37 Å². The fraction of sp³-hybridized carbons (Fsp3) is 0.375. The van der Waals surface area contributed by atoms with Gasteiger partial charge in [-0.25, -0.2) is 4.98 Å². The van der Waals surface area contributed by atoms with Gasteiger partial charge in [0.1, 0.15) is 70.8 Å². The van der Waals surface area contributed by atoms with Crippen molar-refractivity contribution in [1.82, 2.24) is 24.6 Å². The van der Waals surface area contributed by atoms with Gasteiger partial charge < -0.3 is 53.4 Å². The summed E-state index contributed by atoms with van der Waals surface area (Å²) >= 11 is 0. The summed E-state index contributed by atoms with van der Waals surface area (Å²) in [6.07, 6.45) is -1.65. The van der Waals surface area contributed by atoms with Gasteiger partial charge in [0.2, 0.25) is 7.37 Å². The van der Waals surface area contributed by atoms with E-state index in [1.807, 2.05) is 0 Å². The minimum Gasteiger partial charge on any atom is -0.496 e. The highest BCUT2D eigenvalue weighted by atomic mass is 32.2. The van der Waals surface area contributed by atoms with Gasteiger partial charge in [0, 0.05) is 81.3 Å². The summed E-state index contributed by atoms with van der Waals surface area (Å²) in [5.74, 6) is 0.867. The molecule has 5 atom stereocenters. The highest BCUT2D eigenvalue weighted by molar-refractivity contribution is 7.86. The van der Waals surface area contributed by atoms with E-state index < -0.39 is 193 Å². The number of hydrogen-bond donors (Lipinski definition) is 8. The van der Waals surface area contributed by atoms with Crippen LogP contribution < -0.4 is 38.6 Å². The third-order valence-electron chi connectivity index (χ3n) is 16.5. The second-order valence-electron chi connectivity index (χ2n) is 23.4. The molecule has 37 heteroatoms. The summed E-state index contributed by atoms with van der Waals surface area (Å²) < 4.78 is 199. The standard InChI is InChI=1S/C64H76N5O27PS4/c1-90-49-29-55(95-6)50(56(30-49)96-7)14-9-39-19-44(65-61(28-39)97(8,76)77)31-66-32-46(21-41-11-16-52(92-3)58(25-41)99(81,82)83)68(37-63(72)73)34-48(23-43-13-18-54(94-5)60(27-43)101(87,88)89)69(38-64(74)75)35-47(22-42-12-17-53(93-4)59(26-42)100(84,85)86)67(36-62(70)71)33-45(66)20-40-10-15-51(91-2)57(24-40)98(78,79)80/h10-13,15-19,24-30,45-48H,20-23,31-38H2,1-8H3,(H,70,71)(H,72,73)(H,74,75)(H,76,77)(H,78,79,80)(H,81,82,83)(H,84,85,86)(H,87,88,89)/t45-,46-,47-,48-/m0/s1.